The molecule has 5 nitrogen and oxygen atoms in total. The number of carbonyl (C=O) groups is 2. The average molecular weight is 296 g/mol. The molecular formula is C16H28N2O3. The van der Waals surface area contributed by atoms with E-state index in [2.05, 4.69) is 6.92 Å². The molecule has 1 saturated heterocycles. The van der Waals surface area contributed by atoms with Crippen LogP contribution in [0.25, 0.3) is 0 Å². The van der Waals surface area contributed by atoms with Crippen LogP contribution in [0.5, 0.6) is 0 Å². The lowest BCUT2D eigenvalue weighted by Crippen LogP contribution is -2.57. The van der Waals surface area contributed by atoms with Crippen molar-refractivity contribution in [2.45, 2.75) is 64.5 Å². The molecular weight excluding hydrogens is 268 g/mol. The predicted octanol–water partition coefficient (Wildman–Crippen LogP) is 2.80. The van der Waals surface area contributed by atoms with Crippen molar-refractivity contribution in [1.29, 1.82) is 0 Å². The molecule has 0 bridgehead atoms. The van der Waals surface area contributed by atoms with Gasteiger partial charge in [-0.05, 0) is 50.4 Å². The van der Waals surface area contributed by atoms with Crippen LogP contribution in [0.3, 0.4) is 0 Å². The van der Waals surface area contributed by atoms with Gasteiger partial charge < -0.3 is 14.9 Å². The molecule has 5 heteroatoms. The van der Waals surface area contributed by atoms with Gasteiger partial charge in [-0.1, -0.05) is 13.8 Å². The number of aliphatic carboxylic acids is 1. The zero-order valence-electron chi connectivity index (χ0n) is 13.4. The summed E-state index contributed by atoms with van der Waals surface area (Å²) >= 11 is 0. The number of hydrogen-bond donors (Lipinski definition) is 1. The van der Waals surface area contributed by atoms with E-state index in [0.717, 1.165) is 44.4 Å². The van der Waals surface area contributed by atoms with Crippen LogP contribution in [0.4, 0.5) is 4.79 Å². The van der Waals surface area contributed by atoms with Crippen molar-refractivity contribution >= 4 is 12.0 Å². The van der Waals surface area contributed by atoms with E-state index in [1.807, 2.05) is 14.0 Å². The third kappa shape index (κ3) is 3.50. The molecule has 21 heavy (non-hydrogen) atoms. The molecule has 1 aliphatic heterocycles. The molecule has 2 aliphatic rings. The maximum atomic E-state index is 12.7. The van der Waals surface area contributed by atoms with Crippen molar-refractivity contribution in [2.75, 3.05) is 13.6 Å². The van der Waals surface area contributed by atoms with Crippen LogP contribution in [0, 0.1) is 11.8 Å². The number of carbonyl (C=O) groups excluding carboxylic acids is 1. The summed E-state index contributed by atoms with van der Waals surface area (Å²) in [6, 6.07) is -0.509. The standard InChI is InChI=1S/C16H28N2O3/c1-11-6-8-13(9-7-11)17(3)16(21)18-10-4-5-12(2)14(18)15(19)20/h11-14H,4-10H2,1-3H3,(H,19,20). The summed E-state index contributed by atoms with van der Waals surface area (Å²) in [6.07, 6.45) is 6.15. The Kier molecular flexibility index (Phi) is 5.12. The van der Waals surface area contributed by atoms with Gasteiger partial charge in [0.15, 0.2) is 0 Å². The van der Waals surface area contributed by atoms with Crippen molar-refractivity contribution in [2.24, 2.45) is 11.8 Å². The molecule has 1 aliphatic carbocycles. The van der Waals surface area contributed by atoms with Crippen LogP contribution >= 0.6 is 0 Å². The van der Waals surface area contributed by atoms with E-state index in [9.17, 15) is 14.7 Å². The summed E-state index contributed by atoms with van der Waals surface area (Å²) in [5.74, 6) is -0.104. The Bertz CT molecular complexity index is 391. The number of likely N-dealkylation sites (tertiary alicyclic amines) is 1. The van der Waals surface area contributed by atoms with Crippen LogP contribution in [-0.4, -0.2) is 52.6 Å². The summed E-state index contributed by atoms with van der Waals surface area (Å²) in [5, 5.41) is 9.44. The second-order valence-corrected chi connectivity index (χ2v) is 6.90. The van der Waals surface area contributed by atoms with Gasteiger partial charge in [-0.25, -0.2) is 9.59 Å². The third-order valence-corrected chi connectivity index (χ3v) is 5.27. The molecule has 2 fully saturated rings. The Labute approximate surface area is 127 Å². The Morgan fingerprint density at radius 2 is 1.71 bits per heavy atom. The SMILES string of the molecule is CC1CCC(N(C)C(=O)N2CCCC(C)C2C(=O)O)CC1. The van der Waals surface area contributed by atoms with Crippen molar-refractivity contribution < 1.29 is 14.7 Å². The topological polar surface area (TPSA) is 60.9 Å². The maximum Gasteiger partial charge on any atom is 0.326 e. The summed E-state index contributed by atoms with van der Waals surface area (Å²) in [5.41, 5.74) is 0. The minimum Gasteiger partial charge on any atom is -0.480 e. The number of carboxylic acid groups (broad SMARTS) is 1. The van der Waals surface area contributed by atoms with E-state index in [0.29, 0.717) is 6.54 Å². The summed E-state index contributed by atoms with van der Waals surface area (Å²) in [7, 11) is 1.83. The molecule has 0 aromatic heterocycles. The Morgan fingerprint density at radius 1 is 1.10 bits per heavy atom. The van der Waals surface area contributed by atoms with E-state index in [1.165, 1.54) is 0 Å². The average Bonchev–Trinajstić information content (AvgIpc) is 2.46. The monoisotopic (exact) mass is 296 g/mol. The molecule has 2 unspecified atom stereocenters. The predicted molar refractivity (Wildman–Crippen MR) is 81.1 cm³/mol. The lowest BCUT2D eigenvalue weighted by atomic mass is 9.86. The summed E-state index contributed by atoms with van der Waals surface area (Å²) in [6.45, 7) is 4.75. The number of nitrogens with zero attached hydrogens (tertiary/aromatic N) is 2. The zero-order chi connectivity index (χ0) is 15.6. The van der Waals surface area contributed by atoms with Crippen LogP contribution in [0.2, 0.25) is 0 Å². The van der Waals surface area contributed by atoms with E-state index >= 15 is 0 Å². The lowest BCUT2D eigenvalue weighted by Gasteiger charge is -2.42. The van der Waals surface area contributed by atoms with Crippen LogP contribution in [0.15, 0.2) is 0 Å². The minimum atomic E-state index is -0.874. The summed E-state index contributed by atoms with van der Waals surface area (Å²) in [4.78, 5) is 27.6. The van der Waals surface area contributed by atoms with Gasteiger partial charge in [-0.3, -0.25) is 0 Å². The minimum absolute atomic E-state index is 0.0278. The number of amides is 2. The van der Waals surface area contributed by atoms with E-state index in [1.54, 1.807) is 9.80 Å². The molecule has 2 rings (SSSR count). The first kappa shape index (κ1) is 16.1. The normalized spacial score (nSPS) is 33.6. The van der Waals surface area contributed by atoms with Gasteiger partial charge in [-0.15, -0.1) is 0 Å². The highest BCUT2D eigenvalue weighted by Gasteiger charge is 2.39. The smallest absolute Gasteiger partial charge is 0.326 e. The first-order chi connectivity index (χ1) is 9.91. The van der Waals surface area contributed by atoms with Gasteiger partial charge in [0.05, 0.1) is 0 Å². The highest BCUT2D eigenvalue weighted by molar-refractivity contribution is 5.83. The number of rotatable bonds is 2. The Hall–Kier alpha value is -1.26. The van der Waals surface area contributed by atoms with E-state index in [4.69, 9.17) is 0 Å². The van der Waals surface area contributed by atoms with Crippen molar-refractivity contribution in [3.8, 4) is 0 Å². The molecule has 0 aromatic rings. The maximum absolute atomic E-state index is 12.7. The molecule has 1 N–H and O–H groups in total. The molecule has 0 radical (unpaired) electrons. The van der Waals surface area contributed by atoms with Crippen LogP contribution in [-0.2, 0) is 4.79 Å². The molecule has 2 atom stereocenters. The second-order valence-electron chi connectivity index (χ2n) is 6.90. The number of hydrogen-bond acceptors (Lipinski definition) is 2. The highest BCUT2D eigenvalue weighted by Crippen LogP contribution is 2.29. The fourth-order valence-corrected chi connectivity index (χ4v) is 3.77. The Morgan fingerprint density at radius 3 is 2.29 bits per heavy atom. The molecule has 1 heterocycles. The highest BCUT2D eigenvalue weighted by atomic mass is 16.4. The van der Waals surface area contributed by atoms with Crippen molar-refractivity contribution in [1.82, 2.24) is 9.80 Å². The van der Waals surface area contributed by atoms with Gasteiger partial charge in [0.25, 0.3) is 0 Å². The molecule has 1 saturated carbocycles. The fraction of sp³-hybridized carbons (Fsp3) is 0.875. The fourth-order valence-electron chi connectivity index (χ4n) is 3.77. The quantitative estimate of drug-likeness (QED) is 0.852. The lowest BCUT2D eigenvalue weighted by molar-refractivity contribution is -0.145. The molecule has 0 aromatic carbocycles. The second kappa shape index (κ2) is 6.67. The first-order valence-electron chi connectivity index (χ1n) is 8.18. The van der Waals surface area contributed by atoms with Gasteiger partial charge in [0, 0.05) is 19.6 Å². The van der Waals surface area contributed by atoms with E-state index < -0.39 is 12.0 Å². The third-order valence-electron chi connectivity index (χ3n) is 5.27. The van der Waals surface area contributed by atoms with Crippen LogP contribution < -0.4 is 0 Å². The Balaban J connectivity index is 2.04. The van der Waals surface area contributed by atoms with E-state index in [-0.39, 0.29) is 18.0 Å². The zero-order valence-corrected chi connectivity index (χ0v) is 13.4. The first-order valence-corrected chi connectivity index (χ1v) is 8.18. The van der Waals surface area contributed by atoms with Gasteiger partial charge in [-0.2, -0.15) is 0 Å². The summed E-state index contributed by atoms with van der Waals surface area (Å²) < 4.78 is 0. The number of carboxylic acids is 1. The van der Waals surface area contributed by atoms with Gasteiger partial charge in [0.1, 0.15) is 6.04 Å². The molecule has 2 amide bonds. The van der Waals surface area contributed by atoms with Crippen LogP contribution in [0.1, 0.15) is 52.4 Å². The molecule has 120 valence electrons. The van der Waals surface area contributed by atoms with Gasteiger partial charge >= 0.3 is 12.0 Å². The largest absolute Gasteiger partial charge is 0.480 e. The van der Waals surface area contributed by atoms with Crippen molar-refractivity contribution in [3.05, 3.63) is 0 Å². The number of urea groups is 1. The number of piperidine rings is 1. The van der Waals surface area contributed by atoms with Gasteiger partial charge in [0.2, 0.25) is 0 Å². The molecule has 0 spiro atoms. The van der Waals surface area contributed by atoms with Crippen molar-refractivity contribution in [3.63, 3.8) is 0 Å².